The largest absolute Gasteiger partial charge is 0.402 e. The number of hydrogen-bond donors (Lipinski definition) is 0. The number of hydrogen-bond acceptors (Lipinski definition) is 4. The van der Waals surface area contributed by atoms with Gasteiger partial charge in [0.2, 0.25) is 11.3 Å². The average molecular weight is 557 g/mol. The quantitative estimate of drug-likeness (QED) is 0.328. The van der Waals surface area contributed by atoms with E-state index in [9.17, 15) is 0 Å². The van der Waals surface area contributed by atoms with Gasteiger partial charge in [0.05, 0.1) is 0 Å². The van der Waals surface area contributed by atoms with Crippen molar-refractivity contribution in [2.75, 3.05) is 0 Å². The van der Waals surface area contributed by atoms with E-state index in [4.69, 9.17) is 20.0 Å². The van der Waals surface area contributed by atoms with Crippen molar-refractivity contribution in [3.8, 4) is 0 Å². The fourth-order valence-corrected chi connectivity index (χ4v) is 6.29. The first-order valence-electron chi connectivity index (χ1n) is 15.5. The SMILES string of the molecule is CC.CC.CC.CC.CC1=C(C)C2=[N+]3C1=Nc1c(C)c(C)c4n1C31n3c(c(C)c(C)c3=N4)=NC3=[N+]1C(=N2)C(C)=C3C. The highest BCUT2D eigenvalue weighted by Gasteiger charge is 2.68. The van der Waals surface area contributed by atoms with E-state index in [1.54, 1.807) is 0 Å². The van der Waals surface area contributed by atoms with Crippen LogP contribution < -0.4 is 11.0 Å². The van der Waals surface area contributed by atoms with Crippen LogP contribution in [0.2, 0.25) is 0 Å². The molecule has 0 amide bonds. The molecule has 1 spiro atoms. The summed E-state index contributed by atoms with van der Waals surface area (Å²) in [4.78, 5) is 20.9. The minimum atomic E-state index is -0.756. The summed E-state index contributed by atoms with van der Waals surface area (Å²) in [5.41, 5.74) is 11.3. The second kappa shape index (κ2) is 10.3. The molecule has 8 heteroatoms. The lowest BCUT2D eigenvalue weighted by Gasteiger charge is -2.42. The Hall–Kier alpha value is -3.68. The highest BCUT2D eigenvalue weighted by molar-refractivity contribution is 6.20. The fraction of sp³-hybridized carbons (Fsp3) is 0.515. The average Bonchev–Trinajstić information content (AvgIpc) is 3.62. The molecule has 8 rings (SSSR count). The summed E-state index contributed by atoms with van der Waals surface area (Å²) in [6, 6.07) is 0. The molecule has 2 aromatic rings. The summed E-state index contributed by atoms with van der Waals surface area (Å²) in [7, 11) is 0. The Morgan fingerprint density at radius 3 is 1.32 bits per heavy atom. The minimum Gasteiger partial charge on any atom is -0.212 e. The normalized spacial score (nSPS) is 20.6. The third kappa shape index (κ3) is 3.16. The zero-order chi connectivity index (χ0) is 30.9. The molecule has 0 fully saturated rings. The van der Waals surface area contributed by atoms with E-state index in [0.717, 1.165) is 46.0 Å². The Bertz CT molecular complexity index is 1830. The summed E-state index contributed by atoms with van der Waals surface area (Å²) in [6.07, 6.45) is 0. The fourth-order valence-electron chi connectivity index (χ4n) is 6.29. The number of amidine groups is 4. The lowest BCUT2D eigenvalue weighted by atomic mass is 10.1. The standard InChI is InChI=1S/C25H24N8.4C2H6/c1-9-10(2)18-27-20-13(5)14(6)22-29-24-16(8)15(7)23-28-21-12(4)11(3)19-26-17(9)30(18)25(31(19)21,32(20)22)33(23)24;4*1-2/h1-8H3;4*1-2H3/q+2;;;;. The second-order valence-corrected chi connectivity index (χ2v) is 9.98. The molecule has 0 aromatic carbocycles. The van der Waals surface area contributed by atoms with Crippen LogP contribution in [0.25, 0.3) is 0 Å². The molecule has 0 saturated heterocycles. The Balaban J connectivity index is 0.000000449. The molecule has 8 heterocycles. The van der Waals surface area contributed by atoms with Gasteiger partial charge in [-0.25, -0.2) is 14.1 Å². The molecule has 0 bridgehead atoms. The monoisotopic (exact) mass is 556 g/mol. The van der Waals surface area contributed by atoms with Crippen LogP contribution in [0.3, 0.4) is 0 Å². The van der Waals surface area contributed by atoms with Gasteiger partial charge in [-0.05, 0) is 55.4 Å². The highest BCUT2D eigenvalue weighted by Crippen LogP contribution is 2.50. The maximum atomic E-state index is 5.23. The molecule has 0 radical (unpaired) electrons. The van der Waals surface area contributed by atoms with Crippen molar-refractivity contribution in [3.63, 3.8) is 0 Å². The highest BCUT2D eigenvalue weighted by atomic mass is 15.7. The molecule has 1 atom stereocenters. The van der Waals surface area contributed by atoms with Gasteiger partial charge >= 0.3 is 5.91 Å². The lowest BCUT2D eigenvalue weighted by molar-refractivity contribution is -0.792. The number of nitrogens with zero attached hydrogens (tertiary/aromatic N) is 8. The van der Waals surface area contributed by atoms with Gasteiger partial charge in [-0.15, -0.1) is 9.15 Å². The van der Waals surface area contributed by atoms with Crippen molar-refractivity contribution in [2.24, 2.45) is 20.0 Å². The first kappa shape index (κ1) is 30.3. The number of aromatic nitrogens is 2. The Morgan fingerprint density at radius 2 is 0.829 bits per heavy atom. The first-order valence-corrected chi connectivity index (χ1v) is 15.5. The van der Waals surface area contributed by atoms with Gasteiger partial charge in [0.15, 0.2) is 0 Å². The number of aliphatic imine (C=N–C) groups is 2. The van der Waals surface area contributed by atoms with Gasteiger partial charge in [-0.3, -0.25) is 0 Å². The van der Waals surface area contributed by atoms with Crippen LogP contribution in [-0.2, 0) is 5.91 Å². The van der Waals surface area contributed by atoms with Crippen LogP contribution >= 0.6 is 0 Å². The second-order valence-electron chi connectivity index (χ2n) is 9.98. The van der Waals surface area contributed by atoms with Crippen molar-refractivity contribution in [3.05, 3.63) is 55.5 Å². The first-order chi connectivity index (χ1) is 19.7. The van der Waals surface area contributed by atoms with E-state index in [-0.39, 0.29) is 0 Å². The summed E-state index contributed by atoms with van der Waals surface area (Å²) in [6.45, 7) is 33.3. The molecule has 0 saturated carbocycles. The molecule has 41 heavy (non-hydrogen) atoms. The summed E-state index contributed by atoms with van der Waals surface area (Å²) in [5.74, 6) is 5.06. The van der Waals surface area contributed by atoms with Gasteiger partial charge in [0.25, 0.3) is 23.3 Å². The predicted molar refractivity (Wildman–Crippen MR) is 170 cm³/mol. The van der Waals surface area contributed by atoms with E-state index in [1.165, 1.54) is 44.5 Å². The van der Waals surface area contributed by atoms with E-state index in [1.807, 2.05) is 55.4 Å². The van der Waals surface area contributed by atoms with Crippen LogP contribution in [-0.4, -0.2) is 41.6 Å². The van der Waals surface area contributed by atoms with Gasteiger partial charge in [-0.1, -0.05) is 70.4 Å². The van der Waals surface area contributed by atoms with Gasteiger partial charge in [0.1, 0.15) is 11.3 Å². The van der Waals surface area contributed by atoms with Crippen molar-refractivity contribution in [1.29, 1.82) is 0 Å². The van der Waals surface area contributed by atoms with Crippen LogP contribution in [0.1, 0.15) is 105 Å². The molecule has 1 unspecified atom stereocenters. The Kier molecular flexibility index (Phi) is 7.61. The summed E-state index contributed by atoms with van der Waals surface area (Å²) >= 11 is 0. The van der Waals surface area contributed by atoms with Crippen molar-refractivity contribution < 1.29 is 9.15 Å². The van der Waals surface area contributed by atoms with Crippen LogP contribution in [0.5, 0.6) is 0 Å². The van der Waals surface area contributed by atoms with Gasteiger partial charge in [-0.2, -0.15) is 0 Å². The molecule has 6 aliphatic rings. The van der Waals surface area contributed by atoms with E-state index >= 15 is 0 Å². The van der Waals surface area contributed by atoms with E-state index in [2.05, 4.69) is 73.7 Å². The Labute approximate surface area is 245 Å². The minimum absolute atomic E-state index is 0.756. The summed E-state index contributed by atoms with van der Waals surface area (Å²) < 4.78 is 9.32. The number of rotatable bonds is 0. The molecule has 6 aliphatic heterocycles. The van der Waals surface area contributed by atoms with Gasteiger partial charge < -0.3 is 0 Å². The molecule has 0 N–H and O–H groups in total. The molecular weight excluding hydrogens is 508 g/mol. The van der Waals surface area contributed by atoms with E-state index < -0.39 is 5.91 Å². The summed E-state index contributed by atoms with van der Waals surface area (Å²) in [5, 5.41) is 0. The topological polar surface area (TPSA) is 65.3 Å². The third-order valence-electron chi connectivity index (χ3n) is 8.67. The smallest absolute Gasteiger partial charge is 0.212 e. The predicted octanol–water partition coefficient (Wildman–Crippen LogP) is 6.62. The van der Waals surface area contributed by atoms with Crippen molar-refractivity contribution >= 4 is 35.0 Å². The maximum Gasteiger partial charge on any atom is 0.402 e. The molecule has 218 valence electrons. The van der Waals surface area contributed by atoms with Crippen molar-refractivity contribution in [1.82, 2.24) is 9.13 Å². The molecule has 8 nitrogen and oxygen atoms in total. The van der Waals surface area contributed by atoms with E-state index in [0.29, 0.717) is 0 Å². The molecule has 0 aliphatic carbocycles. The zero-order valence-electron chi connectivity index (χ0n) is 28.1. The van der Waals surface area contributed by atoms with Gasteiger partial charge in [0, 0.05) is 44.5 Å². The van der Waals surface area contributed by atoms with Crippen LogP contribution in [0, 0.1) is 27.7 Å². The van der Waals surface area contributed by atoms with Crippen molar-refractivity contribution in [2.45, 2.75) is 117 Å². The van der Waals surface area contributed by atoms with Crippen LogP contribution in [0.4, 0.5) is 11.6 Å². The molecule has 2 aromatic heterocycles. The van der Waals surface area contributed by atoms with Crippen LogP contribution in [0.15, 0.2) is 42.3 Å². The third-order valence-corrected chi connectivity index (χ3v) is 8.67. The lowest BCUT2D eigenvalue weighted by Crippen LogP contribution is -2.72. The molecular formula is C33H48N8+2. The maximum absolute atomic E-state index is 5.23. The zero-order valence-corrected chi connectivity index (χ0v) is 28.1. The Morgan fingerprint density at radius 1 is 0.439 bits per heavy atom.